The molecule has 0 unspecified atom stereocenters. The lowest BCUT2D eigenvalue weighted by atomic mass is 10.1. The van der Waals surface area contributed by atoms with E-state index in [-0.39, 0.29) is 0 Å². The molecule has 95 valence electrons. The zero-order chi connectivity index (χ0) is 13.5. The van der Waals surface area contributed by atoms with Crippen molar-refractivity contribution in [1.29, 1.82) is 0 Å². The summed E-state index contributed by atoms with van der Waals surface area (Å²) in [5.41, 5.74) is 2.98. The van der Waals surface area contributed by atoms with Gasteiger partial charge in [0, 0.05) is 10.0 Å². The third kappa shape index (κ3) is 4.07. The predicted octanol–water partition coefficient (Wildman–Crippen LogP) is 4.52. The molecular formula is C16H13BrNO. The Morgan fingerprint density at radius 2 is 2.05 bits per heavy atom. The summed E-state index contributed by atoms with van der Waals surface area (Å²) in [6.07, 6.45) is 4.65. The first kappa shape index (κ1) is 13.6. The molecule has 0 fully saturated rings. The quantitative estimate of drug-likeness (QED) is 0.587. The summed E-state index contributed by atoms with van der Waals surface area (Å²) < 4.78 is 0.990. The van der Waals surface area contributed by atoms with Crippen molar-refractivity contribution in [3.05, 3.63) is 76.3 Å². The standard InChI is InChI=1S/C16H13BrNO/c1-2-14-7-3-4-8-15(14)12-19-18-11-13-6-5-9-16(17)10-13/h2-10H,1,12H2. The van der Waals surface area contributed by atoms with Crippen LogP contribution in [0.15, 0.2) is 64.7 Å². The molecule has 0 bridgehead atoms. The molecule has 0 saturated carbocycles. The zero-order valence-corrected chi connectivity index (χ0v) is 11.9. The molecule has 0 spiro atoms. The van der Waals surface area contributed by atoms with Crippen LogP contribution >= 0.6 is 15.9 Å². The lowest BCUT2D eigenvalue weighted by Gasteiger charge is -2.03. The Morgan fingerprint density at radius 3 is 2.84 bits per heavy atom. The van der Waals surface area contributed by atoms with E-state index < -0.39 is 0 Å². The molecule has 0 aromatic heterocycles. The Balaban J connectivity index is 1.95. The van der Waals surface area contributed by atoms with E-state index in [0.717, 1.165) is 21.2 Å². The van der Waals surface area contributed by atoms with Gasteiger partial charge >= 0.3 is 0 Å². The van der Waals surface area contributed by atoms with Crippen LogP contribution in [0.25, 0.3) is 6.08 Å². The van der Waals surface area contributed by atoms with Gasteiger partial charge in [0.05, 0.1) is 0 Å². The van der Waals surface area contributed by atoms with E-state index in [1.54, 1.807) is 6.08 Å². The van der Waals surface area contributed by atoms with Crippen LogP contribution in [0.5, 0.6) is 0 Å². The normalized spacial score (nSPS) is 10.6. The summed E-state index contributed by atoms with van der Waals surface area (Å²) in [6, 6.07) is 15.6. The van der Waals surface area contributed by atoms with Crippen molar-refractivity contribution < 1.29 is 4.84 Å². The second-order valence-electron chi connectivity index (χ2n) is 3.89. The summed E-state index contributed by atoms with van der Waals surface area (Å²) in [4.78, 5) is 5.26. The fraction of sp³-hybridized carbons (Fsp3) is 0.0625. The number of halogens is 1. The Bertz CT molecular complexity index is 593. The smallest absolute Gasteiger partial charge is 0.142 e. The molecule has 3 heteroatoms. The largest absolute Gasteiger partial charge is 0.390 e. The molecular weight excluding hydrogens is 302 g/mol. The van der Waals surface area contributed by atoms with E-state index >= 15 is 0 Å². The first-order valence-corrected chi connectivity index (χ1v) is 6.63. The van der Waals surface area contributed by atoms with Gasteiger partial charge in [-0.25, -0.2) is 0 Å². The molecule has 0 N–H and O–H groups in total. The van der Waals surface area contributed by atoms with E-state index in [1.165, 1.54) is 0 Å². The van der Waals surface area contributed by atoms with Crippen LogP contribution in [0.2, 0.25) is 0 Å². The van der Waals surface area contributed by atoms with Gasteiger partial charge in [0.1, 0.15) is 12.8 Å². The topological polar surface area (TPSA) is 21.6 Å². The summed E-state index contributed by atoms with van der Waals surface area (Å²) in [7, 11) is 0. The molecule has 0 heterocycles. The number of benzene rings is 2. The maximum Gasteiger partial charge on any atom is 0.142 e. The van der Waals surface area contributed by atoms with Gasteiger partial charge in [0.25, 0.3) is 0 Å². The Morgan fingerprint density at radius 1 is 1.21 bits per heavy atom. The molecule has 19 heavy (non-hydrogen) atoms. The van der Waals surface area contributed by atoms with Crippen molar-refractivity contribution >= 4 is 28.2 Å². The highest BCUT2D eigenvalue weighted by Gasteiger charge is 1.97. The molecule has 0 aliphatic heterocycles. The van der Waals surface area contributed by atoms with Crippen LogP contribution in [-0.2, 0) is 11.4 Å². The van der Waals surface area contributed by atoms with Crippen LogP contribution in [0.3, 0.4) is 0 Å². The maximum atomic E-state index is 5.26. The molecule has 0 saturated heterocycles. The summed E-state index contributed by atoms with van der Waals surface area (Å²) in [6.45, 7) is 4.18. The van der Waals surface area contributed by atoms with Crippen molar-refractivity contribution in [2.45, 2.75) is 6.61 Å². The fourth-order valence-electron chi connectivity index (χ4n) is 1.61. The molecule has 2 nitrogen and oxygen atoms in total. The van der Waals surface area contributed by atoms with Gasteiger partial charge in [-0.3, -0.25) is 0 Å². The van der Waals surface area contributed by atoms with Gasteiger partial charge in [-0.05, 0) is 23.3 Å². The SMILES string of the molecule is C=Cc1ccccc1CO/N=[C]\c1cccc(Br)c1. The summed E-state index contributed by atoms with van der Waals surface area (Å²) >= 11 is 3.39. The van der Waals surface area contributed by atoms with E-state index in [4.69, 9.17) is 4.84 Å². The number of hydrogen-bond acceptors (Lipinski definition) is 2. The highest BCUT2D eigenvalue weighted by molar-refractivity contribution is 9.10. The van der Waals surface area contributed by atoms with Crippen LogP contribution in [0, 0.1) is 0 Å². The molecule has 0 aliphatic rings. The van der Waals surface area contributed by atoms with Crippen LogP contribution in [0.1, 0.15) is 16.7 Å². The van der Waals surface area contributed by atoms with Crippen molar-refractivity contribution in [2.24, 2.45) is 5.16 Å². The predicted molar refractivity (Wildman–Crippen MR) is 82.0 cm³/mol. The third-order valence-corrected chi connectivity index (χ3v) is 3.05. The van der Waals surface area contributed by atoms with E-state index in [9.17, 15) is 0 Å². The molecule has 2 rings (SSSR count). The minimum Gasteiger partial charge on any atom is -0.390 e. The van der Waals surface area contributed by atoms with Gasteiger partial charge in [-0.2, -0.15) is 0 Å². The number of rotatable bonds is 5. The average molecular weight is 315 g/mol. The minimum atomic E-state index is 0.406. The molecule has 0 amide bonds. The zero-order valence-electron chi connectivity index (χ0n) is 10.3. The fourth-order valence-corrected chi connectivity index (χ4v) is 2.01. The van der Waals surface area contributed by atoms with Crippen molar-refractivity contribution in [2.75, 3.05) is 0 Å². The highest BCUT2D eigenvalue weighted by Crippen LogP contribution is 2.12. The second-order valence-corrected chi connectivity index (χ2v) is 4.81. The maximum absolute atomic E-state index is 5.26. The van der Waals surface area contributed by atoms with E-state index in [2.05, 4.69) is 33.9 Å². The second kappa shape index (κ2) is 6.90. The number of nitrogens with zero attached hydrogens (tertiary/aromatic N) is 1. The molecule has 2 aromatic carbocycles. The first-order chi connectivity index (χ1) is 9.29. The minimum absolute atomic E-state index is 0.406. The number of hydrogen-bond donors (Lipinski definition) is 0. The molecule has 0 atom stereocenters. The van der Waals surface area contributed by atoms with Gasteiger partial charge < -0.3 is 4.84 Å². The lowest BCUT2D eigenvalue weighted by molar-refractivity contribution is 0.132. The van der Waals surface area contributed by atoms with Crippen LogP contribution < -0.4 is 0 Å². The average Bonchev–Trinajstić information content (AvgIpc) is 2.44. The molecule has 0 aliphatic carbocycles. The van der Waals surface area contributed by atoms with Crippen LogP contribution in [-0.4, -0.2) is 6.21 Å². The van der Waals surface area contributed by atoms with Crippen molar-refractivity contribution in [3.8, 4) is 0 Å². The molecule has 1 radical (unpaired) electrons. The van der Waals surface area contributed by atoms with Crippen molar-refractivity contribution in [1.82, 2.24) is 0 Å². The summed E-state index contributed by atoms with van der Waals surface area (Å²) in [5.74, 6) is 0. The van der Waals surface area contributed by atoms with Gasteiger partial charge in [0.15, 0.2) is 0 Å². The molecule has 2 aromatic rings. The van der Waals surface area contributed by atoms with E-state index in [0.29, 0.717) is 6.61 Å². The highest BCUT2D eigenvalue weighted by atomic mass is 79.9. The van der Waals surface area contributed by atoms with Crippen LogP contribution in [0.4, 0.5) is 0 Å². The Hall–Kier alpha value is -1.87. The third-order valence-electron chi connectivity index (χ3n) is 2.56. The van der Waals surface area contributed by atoms with Gasteiger partial charge in [0.2, 0.25) is 0 Å². The Labute approximate surface area is 121 Å². The monoisotopic (exact) mass is 314 g/mol. The summed E-state index contributed by atoms with van der Waals surface area (Å²) in [5, 5.41) is 3.85. The first-order valence-electron chi connectivity index (χ1n) is 5.83. The van der Waals surface area contributed by atoms with E-state index in [1.807, 2.05) is 48.5 Å². The van der Waals surface area contributed by atoms with Gasteiger partial charge in [-0.1, -0.05) is 70.1 Å². The Kier molecular flexibility index (Phi) is 4.93. The van der Waals surface area contributed by atoms with Crippen molar-refractivity contribution in [3.63, 3.8) is 0 Å². The lowest BCUT2D eigenvalue weighted by Crippen LogP contribution is -1.91. The van der Waals surface area contributed by atoms with Gasteiger partial charge in [-0.15, -0.1) is 0 Å².